The van der Waals surface area contributed by atoms with Crippen LogP contribution in [0.5, 0.6) is 5.75 Å². The lowest BCUT2D eigenvalue weighted by molar-refractivity contribution is 0.415. The number of hydrogen-bond donors (Lipinski definition) is 2. The number of aromatic amines is 1. The summed E-state index contributed by atoms with van der Waals surface area (Å²) in [7, 11) is 1.58. The van der Waals surface area contributed by atoms with Crippen molar-refractivity contribution in [2.24, 2.45) is 0 Å². The van der Waals surface area contributed by atoms with Gasteiger partial charge >= 0.3 is 0 Å². The number of H-pyrrole nitrogens is 1. The van der Waals surface area contributed by atoms with Crippen LogP contribution in [0, 0.1) is 5.82 Å². The van der Waals surface area contributed by atoms with E-state index in [-0.39, 0.29) is 11.5 Å². The number of aromatic nitrogens is 3. The van der Waals surface area contributed by atoms with Crippen molar-refractivity contribution in [2.75, 3.05) is 12.4 Å². The summed E-state index contributed by atoms with van der Waals surface area (Å²) in [5.41, 5.74) is 0.962. The Hall–Kier alpha value is -3.22. The first-order valence-electron chi connectivity index (χ1n) is 6.78. The summed E-state index contributed by atoms with van der Waals surface area (Å²) in [6.45, 7) is 0. The molecule has 0 amide bonds. The maximum Gasteiger partial charge on any atom is 0.252 e. The average molecular weight is 312 g/mol. The van der Waals surface area contributed by atoms with E-state index < -0.39 is 5.82 Å². The molecule has 6 nitrogen and oxygen atoms in total. The highest BCUT2D eigenvalue weighted by atomic mass is 19.1. The van der Waals surface area contributed by atoms with Gasteiger partial charge in [0.05, 0.1) is 19.0 Å². The van der Waals surface area contributed by atoms with Crippen molar-refractivity contribution >= 4 is 11.8 Å². The number of benzene rings is 1. The number of ether oxygens (including phenoxy) is 1. The topological polar surface area (TPSA) is 79.9 Å². The van der Waals surface area contributed by atoms with E-state index in [0.29, 0.717) is 17.3 Å². The highest BCUT2D eigenvalue weighted by molar-refractivity contribution is 5.62. The van der Waals surface area contributed by atoms with Gasteiger partial charge in [0.15, 0.2) is 0 Å². The van der Waals surface area contributed by atoms with Gasteiger partial charge in [-0.3, -0.25) is 9.78 Å². The third-order valence-corrected chi connectivity index (χ3v) is 3.10. The highest BCUT2D eigenvalue weighted by Crippen LogP contribution is 2.20. The fraction of sp³-hybridized carbons (Fsp3) is 0.0625. The van der Waals surface area contributed by atoms with Crippen molar-refractivity contribution in [1.82, 2.24) is 15.0 Å². The molecule has 0 aliphatic carbocycles. The highest BCUT2D eigenvalue weighted by Gasteiger charge is 2.05. The Bertz CT molecular complexity index is 860. The maximum atomic E-state index is 12.9. The Balaban J connectivity index is 1.91. The number of halogens is 1. The van der Waals surface area contributed by atoms with E-state index in [1.807, 2.05) is 0 Å². The lowest BCUT2D eigenvalue weighted by Crippen LogP contribution is -2.11. The molecule has 0 bridgehead atoms. The van der Waals surface area contributed by atoms with Crippen LogP contribution >= 0.6 is 0 Å². The van der Waals surface area contributed by atoms with E-state index in [0.717, 1.165) is 11.8 Å². The Morgan fingerprint density at radius 2 is 1.96 bits per heavy atom. The van der Waals surface area contributed by atoms with Crippen LogP contribution in [-0.4, -0.2) is 22.1 Å². The molecule has 0 aliphatic heterocycles. The van der Waals surface area contributed by atoms with Gasteiger partial charge in [-0.05, 0) is 36.4 Å². The Labute approximate surface area is 131 Å². The summed E-state index contributed by atoms with van der Waals surface area (Å²) in [6, 6.07) is 11.3. The Morgan fingerprint density at radius 1 is 1.17 bits per heavy atom. The summed E-state index contributed by atoms with van der Waals surface area (Å²) < 4.78 is 18.0. The molecule has 116 valence electrons. The number of nitrogens with zero attached hydrogens (tertiary/aromatic N) is 2. The molecule has 2 aromatic heterocycles. The number of rotatable bonds is 4. The third kappa shape index (κ3) is 3.52. The summed E-state index contributed by atoms with van der Waals surface area (Å²) in [5, 5.41) is 2.84. The number of methoxy groups -OCH3 is 1. The normalized spacial score (nSPS) is 10.3. The van der Waals surface area contributed by atoms with Crippen LogP contribution in [0.2, 0.25) is 0 Å². The first-order valence-corrected chi connectivity index (χ1v) is 6.78. The van der Waals surface area contributed by atoms with Gasteiger partial charge in [-0.25, -0.2) is 14.4 Å². The fourth-order valence-electron chi connectivity index (χ4n) is 2.00. The number of anilines is 2. The van der Waals surface area contributed by atoms with Gasteiger partial charge in [0.2, 0.25) is 5.95 Å². The Morgan fingerprint density at radius 3 is 2.61 bits per heavy atom. The van der Waals surface area contributed by atoms with E-state index in [9.17, 15) is 9.18 Å². The van der Waals surface area contributed by atoms with Crippen LogP contribution in [0.3, 0.4) is 0 Å². The van der Waals surface area contributed by atoms with Gasteiger partial charge in [0.1, 0.15) is 17.4 Å². The second-order valence-electron chi connectivity index (χ2n) is 4.69. The van der Waals surface area contributed by atoms with Crippen molar-refractivity contribution in [3.05, 3.63) is 64.8 Å². The standard InChI is InChI=1S/C16H13FN4O2/c1-23-12-5-2-10(3-6-12)13-8-15(22)21-16(19-13)20-14-7-4-11(17)9-18-14/h2-9H,1H3,(H2,18,19,20,21,22). The second kappa shape index (κ2) is 6.27. The number of pyridine rings is 1. The van der Waals surface area contributed by atoms with E-state index in [1.54, 1.807) is 31.4 Å². The SMILES string of the molecule is COc1ccc(-c2cc(=O)[nH]c(Nc3ccc(F)cn3)n2)cc1. The molecule has 0 radical (unpaired) electrons. The lowest BCUT2D eigenvalue weighted by Gasteiger charge is -2.07. The van der Waals surface area contributed by atoms with Crippen LogP contribution in [0.4, 0.5) is 16.2 Å². The van der Waals surface area contributed by atoms with Crippen LogP contribution in [0.1, 0.15) is 0 Å². The number of hydrogen-bond acceptors (Lipinski definition) is 5. The molecule has 2 N–H and O–H groups in total. The molecule has 0 saturated heterocycles. The predicted octanol–water partition coefficient (Wildman–Crippen LogP) is 2.72. The second-order valence-corrected chi connectivity index (χ2v) is 4.69. The van der Waals surface area contributed by atoms with Crippen molar-refractivity contribution in [2.45, 2.75) is 0 Å². The fourth-order valence-corrected chi connectivity index (χ4v) is 2.00. The van der Waals surface area contributed by atoms with Gasteiger partial charge in [-0.2, -0.15) is 0 Å². The molecule has 0 fully saturated rings. The molecule has 0 unspecified atom stereocenters. The van der Waals surface area contributed by atoms with Crippen LogP contribution < -0.4 is 15.6 Å². The number of nitrogens with one attached hydrogen (secondary N) is 2. The monoisotopic (exact) mass is 312 g/mol. The van der Waals surface area contributed by atoms with Crippen molar-refractivity contribution in [3.63, 3.8) is 0 Å². The largest absolute Gasteiger partial charge is 0.497 e. The smallest absolute Gasteiger partial charge is 0.252 e. The van der Waals surface area contributed by atoms with Gasteiger partial charge in [0.25, 0.3) is 5.56 Å². The minimum absolute atomic E-state index is 0.224. The minimum Gasteiger partial charge on any atom is -0.497 e. The van der Waals surface area contributed by atoms with Gasteiger partial charge in [-0.15, -0.1) is 0 Å². The molecule has 0 saturated carbocycles. The molecule has 0 aliphatic rings. The lowest BCUT2D eigenvalue weighted by atomic mass is 10.1. The van der Waals surface area contributed by atoms with Gasteiger partial charge in [-0.1, -0.05) is 0 Å². The van der Waals surface area contributed by atoms with Crippen LogP contribution in [0.15, 0.2) is 53.5 Å². The average Bonchev–Trinajstić information content (AvgIpc) is 2.56. The quantitative estimate of drug-likeness (QED) is 0.774. The third-order valence-electron chi connectivity index (χ3n) is 3.10. The minimum atomic E-state index is -0.441. The molecular formula is C16H13FN4O2. The van der Waals surface area contributed by atoms with E-state index in [2.05, 4.69) is 20.3 Å². The van der Waals surface area contributed by atoms with Crippen LogP contribution in [0.25, 0.3) is 11.3 Å². The summed E-state index contributed by atoms with van der Waals surface area (Å²) in [5.74, 6) is 0.875. The molecule has 7 heteroatoms. The zero-order valence-electron chi connectivity index (χ0n) is 12.2. The molecule has 2 heterocycles. The molecule has 0 spiro atoms. The molecule has 23 heavy (non-hydrogen) atoms. The van der Waals surface area contributed by atoms with E-state index in [4.69, 9.17) is 4.74 Å². The van der Waals surface area contributed by atoms with Crippen molar-refractivity contribution in [3.8, 4) is 17.0 Å². The van der Waals surface area contributed by atoms with Crippen molar-refractivity contribution < 1.29 is 9.13 Å². The molecular weight excluding hydrogens is 299 g/mol. The molecule has 1 aromatic carbocycles. The Kier molecular flexibility index (Phi) is 4.01. The van der Waals surface area contributed by atoms with E-state index >= 15 is 0 Å². The molecule has 3 aromatic rings. The van der Waals surface area contributed by atoms with E-state index in [1.165, 1.54) is 18.2 Å². The summed E-state index contributed by atoms with van der Waals surface area (Å²) in [4.78, 5) is 22.6. The van der Waals surface area contributed by atoms with Crippen molar-refractivity contribution in [1.29, 1.82) is 0 Å². The summed E-state index contributed by atoms with van der Waals surface area (Å²) >= 11 is 0. The zero-order chi connectivity index (χ0) is 16.2. The maximum absolute atomic E-state index is 12.9. The predicted molar refractivity (Wildman–Crippen MR) is 84.3 cm³/mol. The van der Waals surface area contributed by atoms with Gasteiger partial charge in [0, 0.05) is 11.6 Å². The zero-order valence-corrected chi connectivity index (χ0v) is 12.2. The van der Waals surface area contributed by atoms with Gasteiger partial charge < -0.3 is 10.1 Å². The molecule has 0 atom stereocenters. The first-order chi connectivity index (χ1) is 11.1. The first kappa shape index (κ1) is 14.7. The summed E-state index contributed by atoms with van der Waals surface area (Å²) in [6.07, 6.45) is 1.08. The molecule has 3 rings (SSSR count). The van der Waals surface area contributed by atoms with Crippen LogP contribution in [-0.2, 0) is 0 Å².